The second-order valence-corrected chi connectivity index (χ2v) is 4.36. The van der Waals surface area contributed by atoms with E-state index in [-0.39, 0.29) is 24.4 Å². The lowest BCUT2D eigenvalue weighted by molar-refractivity contribution is -0.118. The molecular weight excluding hydrogens is 236 g/mol. The average Bonchev–Trinajstić information content (AvgIpc) is 2.33. The summed E-state index contributed by atoms with van der Waals surface area (Å²) in [6.07, 6.45) is 3.25. The number of halogens is 1. The zero-order chi connectivity index (χ0) is 11.4. The van der Waals surface area contributed by atoms with Gasteiger partial charge in [0.2, 0.25) is 5.91 Å². The normalized spacial score (nSPS) is 19.2. The van der Waals surface area contributed by atoms with Gasteiger partial charge in [0.15, 0.2) is 0 Å². The van der Waals surface area contributed by atoms with Crippen molar-refractivity contribution in [3.8, 4) is 0 Å². The molecule has 0 spiro atoms. The molecule has 1 saturated heterocycles. The number of aryl methyl sites for hydroxylation is 1. The van der Waals surface area contributed by atoms with Crippen LogP contribution in [0.2, 0.25) is 0 Å². The third kappa shape index (κ3) is 4.02. The molecule has 94 valence electrons. The number of nitrogens with one attached hydrogen (secondary N) is 2. The summed E-state index contributed by atoms with van der Waals surface area (Å²) in [5, 5.41) is 6.18. The SMILES string of the molecule is Cc1ccc(NC(=O)C2CCCCN2)cc1.Cl. The summed E-state index contributed by atoms with van der Waals surface area (Å²) >= 11 is 0. The minimum absolute atomic E-state index is 0. The first-order valence-corrected chi connectivity index (χ1v) is 5.86. The van der Waals surface area contributed by atoms with Gasteiger partial charge in [-0.1, -0.05) is 24.1 Å². The number of carbonyl (C=O) groups excluding carboxylic acids is 1. The van der Waals surface area contributed by atoms with Crippen molar-refractivity contribution in [3.63, 3.8) is 0 Å². The monoisotopic (exact) mass is 254 g/mol. The largest absolute Gasteiger partial charge is 0.325 e. The minimum Gasteiger partial charge on any atom is -0.325 e. The highest BCUT2D eigenvalue weighted by molar-refractivity contribution is 5.94. The van der Waals surface area contributed by atoms with E-state index < -0.39 is 0 Å². The number of rotatable bonds is 2. The number of benzene rings is 1. The molecule has 0 radical (unpaired) electrons. The van der Waals surface area contributed by atoms with Crippen LogP contribution in [-0.2, 0) is 4.79 Å². The molecule has 0 saturated carbocycles. The molecular formula is C13H19ClN2O. The fourth-order valence-electron chi connectivity index (χ4n) is 1.94. The Morgan fingerprint density at radius 2 is 2.00 bits per heavy atom. The highest BCUT2D eigenvalue weighted by atomic mass is 35.5. The first kappa shape index (κ1) is 14.0. The Hall–Kier alpha value is -1.06. The maximum absolute atomic E-state index is 11.9. The Labute approximate surface area is 108 Å². The molecule has 0 aliphatic carbocycles. The van der Waals surface area contributed by atoms with Gasteiger partial charge in [-0.3, -0.25) is 4.79 Å². The van der Waals surface area contributed by atoms with Gasteiger partial charge in [0.1, 0.15) is 0 Å². The maximum Gasteiger partial charge on any atom is 0.241 e. The molecule has 1 aliphatic heterocycles. The predicted octanol–water partition coefficient (Wildman–Crippen LogP) is 2.50. The first-order chi connectivity index (χ1) is 7.75. The van der Waals surface area contributed by atoms with Crippen LogP contribution in [0, 0.1) is 6.92 Å². The van der Waals surface area contributed by atoms with E-state index in [0.29, 0.717) is 0 Å². The summed E-state index contributed by atoms with van der Waals surface area (Å²) in [4.78, 5) is 11.9. The molecule has 1 aliphatic rings. The van der Waals surface area contributed by atoms with E-state index in [9.17, 15) is 4.79 Å². The van der Waals surface area contributed by atoms with Crippen LogP contribution in [0.1, 0.15) is 24.8 Å². The first-order valence-electron chi connectivity index (χ1n) is 5.86. The Morgan fingerprint density at radius 3 is 2.59 bits per heavy atom. The summed E-state index contributed by atoms with van der Waals surface area (Å²) in [7, 11) is 0. The average molecular weight is 255 g/mol. The number of anilines is 1. The third-order valence-corrected chi connectivity index (χ3v) is 2.95. The van der Waals surface area contributed by atoms with Gasteiger partial charge in [-0.25, -0.2) is 0 Å². The molecule has 1 aromatic rings. The Kier molecular flexibility index (Phi) is 5.45. The van der Waals surface area contributed by atoms with Crippen molar-refractivity contribution in [2.24, 2.45) is 0 Å². The number of piperidine rings is 1. The summed E-state index contributed by atoms with van der Waals surface area (Å²) in [6, 6.07) is 7.87. The summed E-state index contributed by atoms with van der Waals surface area (Å²) in [5.41, 5.74) is 2.08. The van der Waals surface area contributed by atoms with Crippen LogP contribution in [0.15, 0.2) is 24.3 Å². The quantitative estimate of drug-likeness (QED) is 0.852. The van der Waals surface area contributed by atoms with Crippen LogP contribution >= 0.6 is 12.4 Å². The van der Waals surface area contributed by atoms with E-state index in [1.54, 1.807) is 0 Å². The number of carbonyl (C=O) groups is 1. The van der Waals surface area contributed by atoms with Crippen molar-refractivity contribution in [2.45, 2.75) is 32.2 Å². The molecule has 0 aromatic heterocycles. The van der Waals surface area contributed by atoms with Crippen molar-refractivity contribution in [1.82, 2.24) is 5.32 Å². The lowest BCUT2D eigenvalue weighted by atomic mass is 10.0. The van der Waals surface area contributed by atoms with Crippen LogP contribution in [-0.4, -0.2) is 18.5 Å². The van der Waals surface area contributed by atoms with Gasteiger partial charge in [0.25, 0.3) is 0 Å². The second kappa shape index (κ2) is 6.62. The molecule has 0 bridgehead atoms. The molecule has 1 aromatic carbocycles. The number of amides is 1. The van der Waals surface area contributed by atoms with Crippen LogP contribution in [0.4, 0.5) is 5.69 Å². The third-order valence-electron chi connectivity index (χ3n) is 2.95. The van der Waals surface area contributed by atoms with Crippen LogP contribution in [0.25, 0.3) is 0 Å². The molecule has 1 amide bonds. The maximum atomic E-state index is 11.9. The fourth-order valence-corrected chi connectivity index (χ4v) is 1.94. The minimum atomic E-state index is -0.0185. The summed E-state index contributed by atoms with van der Waals surface area (Å²) < 4.78 is 0. The van der Waals surface area contributed by atoms with E-state index in [2.05, 4.69) is 10.6 Å². The van der Waals surface area contributed by atoms with Gasteiger partial charge >= 0.3 is 0 Å². The second-order valence-electron chi connectivity index (χ2n) is 4.36. The molecule has 2 N–H and O–H groups in total. The van der Waals surface area contributed by atoms with Crippen molar-refractivity contribution in [1.29, 1.82) is 0 Å². The van der Waals surface area contributed by atoms with Crippen molar-refractivity contribution < 1.29 is 4.79 Å². The van der Waals surface area contributed by atoms with E-state index in [1.165, 1.54) is 12.0 Å². The topological polar surface area (TPSA) is 41.1 Å². The van der Waals surface area contributed by atoms with E-state index in [4.69, 9.17) is 0 Å². The Bertz CT molecular complexity index is 358. The van der Waals surface area contributed by atoms with Crippen molar-refractivity contribution in [3.05, 3.63) is 29.8 Å². The van der Waals surface area contributed by atoms with Crippen LogP contribution < -0.4 is 10.6 Å². The number of hydrogen-bond acceptors (Lipinski definition) is 2. The van der Waals surface area contributed by atoms with Crippen LogP contribution in [0.5, 0.6) is 0 Å². The van der Waals surface area contributed by atoms with Crippen molar-refractivity contribution in [2.75, 3.05) is 11.9 Å². The molecule has 3 nitrogen and oxygen atoms in total. The number of hydrogen-bond donors (Lipinski definition) is 2. The molecule has 1 fully saturated rings. The van der Waals surface area contributed by atoms with E-state index >= 15 is 0 Å². The van der Waals surface area contributed by atoms with Gasteiger partial charge < -0.3 is 10.6 Å². The predicted molar refractivity (Wildman–Crippen MR) is 72.7 cm³/mol. The van der Waals surface area contributed by atoms with E-state index in [0.717, 1.165) is 25.1 Å². The zero-order valence-electron chi connectivity index (χ0n) is 10.0. The molecule has 4 heteroatoms. The Morgan fingerprint density at radius 1 is 1.29 bits per heavy atom. The van der Waals surface area contributed by atoms with E-state index in [1.807, 2.05) is 31.2 Å². The standard InChI is InChI=1S/C13H18N2O.ClH/c1-10-5-7-11(8-6-10)15-13(16)12-4-2-3-9-14-12;/h5-8,12,14H,2-4,9H2,1H3,(H,15,16);1H. The Balaban J connectivity index is 0.00000144. The summed E-state index contributed by atoms with van der Waals surface area (Å²) in [5.74, 6) is 0.0866. The lowest BCUT2D eigenvalue weighted by Crippen LogP contribution is -2.43. The van der Waals surface area contributed by atoms with Gasteiger partial charge in [-0.15, -0.1) is 12.4 Å². The zero-order valence-corrected chi connectivity index (χ0v) is 10.8. The molecule has 1 atom stereocenters. The van der Waals surface area contributed by atoms with Crippen LogP contribution in [0.3, 0.4) is 0 Å². The lowest BCUT2D eigenvalue weighted by Gasteiger charge is -2.22. The smallest absolute Gasteiger partial charge is 0.241 e. The van der Waals surface area contributed by atoms with Gasteiger partial charge in [0.05, 0.1) is 6.04 Å². The molecule has 1 heterocycles. The highest BCUT2D eigenvalue weighted by Crippen LogP contribution is 2.12. The summed E-state index contributed by atoms with van der Waals surface area (Å²) in [6.45, 7) is 2.99. The molecule has 17 heavy (non-hydrogen) atoms. The fraction of sp³-hybridized carbons (Fsp3) is 0.462. The van der Waals surface area contributed by atoms with Gasteiger partial charge in [-0.05, 0) is 38.4 Å². The van der Waals surface area contributed by atoms with Crippen molar-refractivity contribution >= 4 is 24.0 Å². The van der Waals surface area contributed by atoms with Gasteiger partial charge in [0, 0.05) is 5.69 Å². The molecule has 2 rings (SSSR count). The van der Waals surface area contributed by atoms with Gasteiger partial charge in [-0.2, -0.15) is 0 Å². The highest BCUT2D eigenvalue weighted by Gasteiger charge is 2.20. The molecule has 1 unspecified atom stereocenters.